The summed E-state index contributed by atoms with van der Waals surface area (Å²) < 4.78 is 5.34. The van der Waals surface area contributed by atoms with Gasteiger partial charge in [-0.1, -0.05) is 42.5 Å². The monoisotopic (exact) mass is 353 g/mol. The third-order valence-corrected chi connectivity index (χ3v) is 5.31. The van der Waals surface area contributed by atoms with E-state index >= 15 is 0 Å². The first-order valence-corrected chi connectivity index (χ1v) is 9.23. The number of rotatable bonds is 5. The third-order valence-electron chi connectivity index (χ3n) is 5.31. The van der Waals surface area contributed by atoms with Gasteiger partial charge in [0.05, 0.1) is 19.6 Å². The van der Waals surface area contributed by atoms with Crippen LogP contribution in [-0.2, 0) is 11.2 Å². The summed E-state index contributed by atoms with van der Waals surface area (Å²) in [5, 5.41) is 10.6. The predicted octanol–water partition coefficient (Wildman–Crippen LogP) is 3.52. The first-order chi connectivity index (χ1) is 12.6. The lowest BCUT2D eigenvalue weighted by molar-refractivity contribution is -0.132. The number of piperidine rings is 1. The van der Waals surface area contributed by atoms with Crippen molar-refractivity contribution in [3.63, 3.8) is 0 Å². The number of hydrogen-bond donors (Lipinski definition) is 1. The van der Waals surface area contributed by atoms with Crippen molar-refractivity contribution >= 4 is 5.91 Å². The van der Waals surface area contributed by atoms with E-state index < -0.39 is 6.10 Å². The van der Waals surface area contributed by atoms with Gasteiger partial charge < -0.3 is 14.7 Å². The van der Waals surface area contributed by atoms with Gasteiger partial charge in [-0.05, 0) is 48.4 Å². The van der Waals surface area contributed by atoms with Crippen LogP contribution in [0.2, 0.25) is 0 Å². The summed E-state index contributed by atoms with van der Waals surface area (Å²) in [5.74, 6) is 1.17. The van der Waals surface area contributed by atoms with E-state index in [1.54, 1.807) is 7.11 Å². The molecule has 0 aliphatic carbocycles. The van der Waals surface area contributed by atoms with E-state index in [1.165, 1.54) is 0 Å². The summed E-state index contributed by atoms with van der Waals surface area (Å²) in [6.45, 7) is 3.40. The molecule has 2 aromatic rings. The van der Waals surface area contributed by atoms with E-state index in [9.17, 15) is 9.90 Å². The number of aryl methyl sites for hydroxylation is 1. The molecule has 4 nitrogen and oxygen atoms in total. The minimum absolute atomic E-state index is 0.142. The van der Waals surface area contributed by atoms with E-state index in [4.69, 9.17) is 4.74 Å². The Labute approximate surface area is 155 Å². The molecule has 1 fully saturated rings. The predicted molar refractivity (Wildman–Crippen MR) is 102 cm³/mol. The van der Waals surface area contributed by atoms with Crippen LogP contribution in [-0.4, -0.2) is 36.1 Å². The van der Waals surface area contributed by atoms with Gasteiger partial charge in [-0.3, -0.25) is 4.79 Å². The molecule has 1 unspecified atom stereocenters. The average Bonchev–Trinajstić information content (AvgIpc) is 2.69. The van der Waals surface area contributed by atoms with Crippen LogP contribution in [0.25, 0.3) is 0 Å². The molecule has 3 rings (SSSR count). The topological polar surface area (TPSA) is 49.8 Å². The number of likely N-dealkylation sites (tertiary alicyclic amines) is 1. The Kier molecular flexibility index (Phi) is 5.94. The number of amides is 1. The fourth-order valence-electron chi connectivity index (χ4n) is 3.65. The Bertz CT molecular complexity index is 736. The summed E-state index contributed by atoms with van der Waals surface area (Å²) in [5.41, 5.74) is 3.01. The SMILES string of the molecule is COc1cc(CC(=O)N2CCC(C(O)c3ccccc3)CC2)ccc1C. The molecule has 0 saturated carbocycles. The molecule has 1 aliphatic heterocycles. The van der Waals surface area contributed by atoms with Crippen LogP contribution < -0.4 is 4.74 Å². The number of nitrogens with zero attached hydrogens (tertiary/aromatic N) is 1. The number of aliphatic hydroxyl groups excluding tert-OH is 1. The molecule has 1 amide bonds. The van der Waals surface area contributed by atoms with E-state index in [0.29, 0.717) is 19.5 Å². The van der Waals surface area contributed by atoms with Crippen molar-refractivity contribution in [3.05, 3.63) is 65.2 Å². The van der Waals surface area contributed by atoms with Gasteiger partial charge in [0.1, 0.15) is 5.75 Å². The van der Waals surface area contributed by atoms with Crippen LogP contribution in [0.4, 0.5) is 0 Å². The largest absolute Gasteiger partial charge is 0.496 e. The molecule has 26 heavy (non-hydrogen) atoms. The van der Waals surface area contributed by atoms with Crippen molar-refractivity contribution in [3.8, 4) is 5.75 Å². The molecule has 2 aromatic carbocycles. The zero-order chi connectivity index (χ0) is 18.5. The number of hydrogen-bond acceptors (Lipinski definition) is 3. The maximum absolute atomic E-state index is 12.6. The number of methoxy groups -OCH3 is 1. The van der Waals surface area contributed by atoms with Gasteiger partial charge in [-0.25, -0.2) is 0 Å². The summed E-state index contributed by atoms with van der Waals surface area (Å²) >= 11 is 0. The minimum atomic E-state index is -0.449. The number of carbonyl (C=O) groups excluding carboxylic acids is 1. The van der Waals surface area contributed by atoms with Crippen LogP contribution in [0.15, 0.2) is 48.5 Å². The highest BCUT2D eigenvalue weighted by Gasteiger charge is 2.28. The third kappa shape index (κ3) is 4.25. The van der Waals surface area contributed by atoms with Crippen molar-refractivity contribution in [1.29, 1.82) is 0 Å². The number of ether oxygens (including phenoxy) is 1. The molecular weight excluding hydrogens is 326 g/mol. The maximum atomic E-state index is 12.6. The Hall–Kier alpha value is -2.33. The Morgan fingerprint density at radius 1 is 1.19 bits per heavy atom. The zero-order valence-electron chi connectivity index (χ0n) is 15.5. The molecule has 138 valence electrons. The molecule has 1 heterocycles. The van der Waals surface area contributed by atoms with Gasteiger partial charge in [0.25, 0.3) is 0 Å². The van der Waals surface area contributed by atoms with Crippen LogP contribution in [0, 0.1) is 12.8 Å². The fraction of sp³-hybridized carbons (Fsp3) is 0.409. The Morgan fingerprint density at radius 2 is 1.88 bits per heavy atom. The second-order valence-electron chi connectivity index (χ2n) is 7.05. The fourth-order valence-corrected chi connectivity index (χ4v) is 3.65. The van der Waals surface area contributed by atoms with Crippen molar-refractivity contribution in [2.75, 3.05) is 20.2 Å². The molecule has 0 bridgehead atoms. The molecule has 1 atom stereocenters. The van der Waals surface area contributed by atoms with Crippen LogP contribution in [0.5, 0.6) is 5.75 Å². The lowest BCUT2D eigenvalue weighted by atomic mass is 9.87. The minimum Gasteiger partial charge on any atom is -0.496 e. The van der Waals surface area contributed by atoms with E-state index in [-0.39, 0.29) is 11.8 Å². The number of carbonyl (C=O) groups is 1. The second kappa shape index (κ2) is 8.37. The van der Waals surface area contributed by atoms with E-state index in [2.05, 4.69) is 0 Å². The quantitative estimate of drug-likeness (QED) is 0.895. The molecule has 0 radical (unpaired) electrons. The van der Waals surface area contributed by atoms with Crippen LogP contribution >= 0.6 is 0 Å². The Morgan fingerprint density at radius 3 is 2.54 bits per heavy atom. The normalized spacial score (nSPS) is 16.3. The van der Waals surface area contributed by atoms with Crippen molar-refractivity contribution in [2.45, 2.75) is 32.3 Å². The first kappa shape index (κ1) is 18.5. The van der Waals surface area contributed by atoms with Gasteiger partial charge in [-0.2, -0.15) is 0 Å². The first-order valence-electron chi connectivity index (χ1n) is 9.23. The van der Waals surface area contributed by atoms with Gasteiger partial charge in [0.15, 0.2) is 0 Å². The molecular formula is C22H27NO3. The molecule has 1 saturated heterocycles. The van der Waals surface area contributed by atoms with Crippen LogP contribution in [0.1, 0.15) is 35.6 Å². The molecule has 0 spiro atoms. The highest BCUT2D eigenvalue weighted by Crippen LogP contribution is 2.31. The zero-order valence-corrected chi connectivity index (χ0v) is 15.5. The highest BCUT2D eigenvalue weighted by atomic mass is 16.5. The molecule has 0 aromatic heterocycles. The highest BCUT2D eigenvalue weighted by molar-refractivity contribution is 5.79. The molecule has 1 N–H and O–H groups in total. The smallest absolute Gasteiger partial charge is 0.226 e. The van der Waals surface area contributed by atoms with Crippen LogP contribution in [0.3, 0.4) is 0 Å². The van der Waals surface area contributed by atoms with Crippen molar-refractivity contribution in [2.24, 2.45) is 5.92 Å². The Balaban J connectivity index is 1.55. The lowest BCUT2D eigenvalue weighted by Gasteiger charge is -2.34. The van der Waals surface area contributed by atoms with E-state index in [1.807, 2.05) is 60.4 Å². The van der Waals surface area contributed by atoms with Crippen molar-refractivity contribution in [1.82, 2.24) is 4.90 Å². The summed E-state index contributed by atoms with van der Waals surface area (Å²) in [7, 11) is 1.65. The van der Waals surface area contributed by atoms with Crippen molar-refractivity contribution < 1.29 is 14.6 Å². The lowest BCUT2D eigenvalue weighted by Crippen LogP contribution is -2.40. The van der Waals surface area contributed by atoms with Gasteiger partial charge in [0, 0.05) is 13.1 Å². The van der Waals surface area contributed by atoms with Gasteiger partial charge in [0.2, 0.25) is 5.91 Å². The average molecular weight is 353 g/mol. The summed E-state index contributed by atoms with van der Waals surface area (Å²) in [6.07, 6.45) is 1.61. The summed E-state index contributed by atoms with van der Waals surface area (Å²) in [6, 6.07) is 15.7. The van der Waals surface area contributed by atoms with Gasteiger partial charge >= 0.3 is 0 Å². The van der Waals surface area contributed by atoms with E-state index in [0.717, 1.165) is 35.3 Å². The molecule has 1 aliphatic rings. The molecule has 4 heteroatoms. The maximum Gasteiger partial charge on any atom is 0.226 e. The number of aliphatic hydroxyl groups is 1. The standard InChI is InChI=1S/C22H27NO3/c1-16-8-9-17(14-20(16)26-2)15-21(24)23-12-10-19(11-13-23)22(25)18-6-4-3-5-7-18/h3-9,14,19,22,25H,10-13,15H2,1-2H3. The number of benzene rings is 2. The second-order valence-corrected chi connectivity index (χ2v) is 7.05. The summed E-state index contributed by atoms with van der Waals surface area (Å²) in [4.78, 5) is 14.5. The van der Waals surface area contributed by atoms with Gasteiger partial charge in [-0.15, -0.1) is 0 Å².